The van der Waals surface area contributed by atoms with E-state index in [0.29, 0.717) is 18.4 Å². The Balaban J connectivity index is 4.12. The minimum Gasteiger partial charge on any atom is -0.481 e. The van der Waals surface area contributed by atoms with Gasteiger partial charge in [-0.3, -0.25) is 9.59 Å². The van der Waals surface area contributed by atoms with E-state index in [1.54, 1.807) is 0 Å². The Bertz CT molecular complexity index is 246. The van der Waals surface area contributed by atoms with E-state index in [-0.39, 0.29) is 24.7 Å². The lowest BCUT2D eigenvalue weighted by molar-refractivity contribution is -0.146. The summed E-state index contributed by atoms with van der Waals surface area (Å²) in [6.45, 7) is 8.38. The second-order valence-corrected chi connectivity index (χ2v) is 5.37. The number of ether oxygens (including phenoxy) is 1. The van der Waals surface area contributed by atoms with Crippen LogP contribution in [-0.4, -0.2) is 23.7 Å². The van der Waals surface area contributed by atoms with Crippen LogP contribution in [0, 0.1) is 17.8 Å². The molecule has 0 bridgehead atoms. The van der Waals surface area contributed by atoms with Gasteiger partial charge in [-0.15, -0.1) is 0 Å². The first-order valence-electron chi connectivity index (χ1n) is 6.18. The van der Waals surface area contributed by atoms with Crippen molar-refractivity contribution in [2.24, 2.45) is 17.8 Å². The quantitative estimate of drug-likeness (QED) is 0.667. The van der Waals surface area contributed by atoms with Crippen molar-refractivity contribution in [1.82, 2.24) is 0 Å². The molecule has 0 aromatic carbocycles. The molecular formula is C13H24O4. The van der Waals surface area contributed by atoms with Gasteiger partial charge in [-0.05, 0) is 24.2 Å². The molecule has 100 valence electrons. The molecule has 0 saturated heterocycles. The zero-order valence-corrected chi connectivity index (χ0v) is 11.2. The van der Waals surface area contributed by atoms with Crippen LogP contribution in [0.3, 0.4) is 0 Å². The first kappa shape index (κ1) is 15.9. The average molecular weight is 244 g/mol. The molecule has 0 heterocycles. The summed E-state index contributed by atoms with van der Waals surface area (Å²) in [5, 5.41) is 8.78. The molecule has 0 saturated carbocycles. The van der Waals surface area contributed by atoms with E-state index in [1.807, 2.05) is 27.7 Å². The molecule has 0 spiro atoms. The van der Waals surface area contributed by atoms with Gasteiger partial charge < -0.3 is 9.84 Å². The summed E-state index contributed by atoms with van der Waals surface area (Å²) in [5.74, 6) is -0.565. The third-order valence-electron chi connectivity index (χ3n) is 2.30. The fourth-order valence-electron chi connectivity index (χ4n) is 1.71. The van der Waals surface area contributed by atoms with Crippen LogP contribution in [0.4, 0.5) is 0 Å². The number of hydrogen-bond acceptors (Lipinski definition) is 3. The topological polar surface area (TPSA) is 63.6 Å². The highest BCUT2D eigenvalue weighted by Gasteiger charge is 2.19. The van der Waals surface area contributed by atoms with Crippen LogP contribution in [0.5, 0.6) is 0 Å². The van der Waals surface area contributed by atoms with E-state index in [9.17, 15) is 9.59 Å². The zero-order valence-electron chi connectivity index (χ0n) is 11.2. The second kappa shape index (κ2) is 8.09. The fourth-order valence-corrected chi connectivity index (χ4v) is 1.71. The van der Waals surface area contributed by atoms with Gasteiger partial charge in [0, 0.05) is 12.8 Å². The highest BCUT2D eigenvalue weighted by Crippen LogP contribution is 2.20. The van der Waals surface area contributed by atoms with E-state index in [2.05, 4.69) is 0 Å². The molecule has 1 N–H and O–H groups in total. The number of carboxylic acid groups (broad SMARTS) is 1. The average Bonchev–Trinajstić information content (AvgIpc) is 2.12. The fraction of sp³-hybridized carbons (Fsp3) is 0.846. The zero-order chi connectivity index (χ0) is 13.4. The maximum Gasteiger partial charge on any atom is 0.306 e. The Morgan fingerprint density at radius 3 is 2.06 bits per heavy atom. The number of carbonyl (C=O) groups excluding carboxylic acids is 1. The van der Waals surface area contributed by atoms with Gasteiger partial charge >= 0.3 is 11.9 Å². The Morgan fingerprint density at radius 1 is 1.06 bits per heavy atom. The van der Waals surface area contributed by atoms with Gasteiger partial charge in [0.2, 0.25) is 0 Å². The van der Waals surface area contributed by atoms with Gasteiger partial charge in [-0.25, -0.2) is 0 Å². The number of aliphatic carboxylic acids is 1. The van der Waals surface area contributed by atoms with Crippen molar-refractivity contribution in [3.05, 3.63) is 0 Å². The van der Waals surface area contributed by atoms with Crippen LogP contribution < -0.4 is 0 Å². The first-order valence-corrected chi connectivity index (χ1v) is 6.18. The Labute approximate surface area is 103 Å². The minimum atomic E-state index is -0.854. The molecule has 1 atom stereocenters. The predicted octanol–water partition coefficient (Wildman–Crippen LogP) is 2.71. The van der Waals surface area contributed by atoms with Crippen molar-refractivity contribution in [3.8, 4) is 0 Å². The summed E-state index contributed by atoms with van der Waals surface area (Å²) in [4.78, 5) is 22.2. The van der Waals surface area contributed by atoms with E-state index in [0.717, 1.165) is 6.42 Å². The van der Waals surface area contributed by atoms with Gasteiger partial charge in [0.1, 0.15) is 0 Å². The molecule has 4 nitrogen and oxygen atoms in total. The van der Waals surface area contributed by atoms with Crippen LogP contribution in [0.25, 0.3) is 0 Å². The normalized spacial score (nSPS) is 12.8. The second-order valence-electron chi connectivity index (χ2n) is 5.37. The molecular weight excluding hydrogens is 220 g/mol. The molecule has 0 aliphatic carbocycles. The highest BCUT2D eigenvalue weighted by molar-refractivity contribution is 5.72. The lowest BCUT2D eigenvalue weighted by Crippen LogP contribution is -2.18. The standard InChI is InChI=1S/C13H24O4/c1-9(2)5-11(6-12(14)15)7-13(16)17-8-10(3)4/h9-11H,5-8H2,1-4H3,(H,14,15). The Hall–Kier alpha value is -1.06. The van der Waals surface area contributed by atoms with Crippen LogP contribution in [-0.2, 0) is 14.3 Å². The van der Waals surface area contributed by atoms with Crippen molar-refractivity contribution in [1.29, 1.82) is 0 Å². The Kier molecular flexibility index (Phi) is 7.59. The molecule has 0 aliphatic heterocycles. The minimum absolute atomic E-state index is 0.0367. The molecule has 1 unspecified atom stereocenters. The molecule has 0 rings (SSSR count). The smallest absolute Gasteiger partial charge is 0.306 e. The summed E-state index contributed by atoms with van der Waals surface area (Å²) >= 11 is 0. The molecule has 0 aliphatic rings. The van der Waals surface area contributed by atoms with E-state index in [4.69, 9.17) is 9.84 Å². The number of rotatable bonds is 8. The lowest BCUT2D eigenvalue weighted by atomic mass is 9.91. The summed E-state index contributed by atoms with van der Waals surface area (Å²) in [7, 11) is 0. The molecule has 17 heavy (non-hydrogen) atoms. The Morgan fingerprint density at radius 2 is 1.65 bits per heavy atom. The summed E-state index contributed by atoms with van der Waals surface area (Å²) in [6.07, 6.45) is 0.981. The first-order chi connectivity index (χ1) is 7.81. The van der Waals surface area contributed by atoms with Crippen molar-refractivity contribution in [2.75, 3.05) is 6.61 Å². The summed E-state index contributed by atoms with van der Waals surface area (Å²) < 4.78 is 5.07. The largest absolute Gasteiger partial charge is 0.481 e. The summed E-state index contributed by atoms with van der Waals surface area (Å²) in [5.41, 5.74) is 0. The van der Waals surface area contributed by atoms with Gasteiger partial charge in [0.25, 0.3) is 0 Å². The molecule has 0 fully saturated rings. The van der Waals surface area contributed by atoms with Crippen LogP contribution >= 0.6 is 0 Å². The van der Waals surface area contributed by atoms with Crippen molar-refractivity contribution in [2.45, 2.75) is 47.0 Å². The van der Waals surface area contributed by atoms with Crippen LogP contribution in [0.15, 0.2) is 0 Å². The van der Waals surface area contributed by atoms with Gasteiger partial charge in [-0.2, -0.15) is 0 Å². The number of hydrogen-bond donors (Lipinski definition) is 1. The summed E-state index contributed by atoms with van der Waals surface area (Å²) in [6, 6.07) is 0. The number of carbonyl (C=O) groups is 2. The molecule has 0 aromatic heterocycles. The van der Waals surface area contributed by atoms with Crippen LogP contribution in [0.2, 0.25) is 0 Å². The SMILES string of the molecule is CC(C)COC(=O)CC(CC(=O)O)CC(C)C. The van der Waals surface area contributed by atoms with E-state index < -0.39 is 5.97 Å². The van der Waals surface area contributed by atoms with Gasteiger partial charge in [0.05, 0.1) is 6.61 Å². The number of esters is 1. The van der Waals surface area contributed by atoms with Crippen molar-refractivity contribution in [3.63, 3.8) is 0 Å². The van der Waals surface area contributed by atoms with Crippen molar-refractivity contribution < 1.29 is 19.4 Å². The third-order valence-corrected chi connectivity index (χ3v) is 2.30. The van der Waals surface area contributed by atoms with Gasteiger partial charge in [-0.1, -0.05) is 27.7 Å². The number of carboxylic acids is 1. The van der Waals surface area contributed by atoms with Crippen molar-refractivity contribution >= 4 is 11.9 Å². The molecule has 0 radical (unpaired) electrons. The van der Waals surface area contributed by atoms with Crippen LogP contribution in [0.1, 0.15) is 47.0 Å². The van der Waals surface area contributed by atoms with E-state index in [1.165, 1.54) is 0 Å². The molecule has 0 amide bonds. The van der Waals surface area contributed by atoms with E-state index >= 15 is 0 Å². The highest BCUT2D eigenvalue weighted by atomic mass is 16.5. The molecule has 0 aromatic rings. The maximum atomic E-state index is 11.5. The lowest BCUT2D eigenvalue weighted by Gasteiger charge is -2.16. The third kappa shape index (κ3) is 9.85. The van der Waals surface area contributed by atoms with Gasteiger partial charge in [0.15, 0.2) is 0 Å². The predicted molar refractivity (Wildman–Crippen MR) is 65.6 cm³/mol. The monoisotopic (exact) mass is 244 g/mol. The molecule has 4 heteroatoms. The maximum absolute atomic E-state index is 11.5.